The summed E-state index contributed by atoms with van der Waals surface area (Å²) in [7, 11) is 0. The number of hydrogen-bond donors (Lipinski definition) is 5. The minimum Gasteiger partial charge on any atom is -0.481 e. The lowest BCUT2D eigenvalue weighted by Crippen LogP contribution is -2.36. The van der Waals surface area contributed by atoms with Crippen molar-refractivity contribution in [3.63, 3.8) is 0 Å². The molecule has 0 heterocycles. The highest BCUT2D eigenvalue weighted by molar-refractivity contribution is 5.80. The van der Waals surface area contributed by atoms with Gasteiger partial charge < -0.3 is 27.4 Å². The van der Waals surface area contributed by atoms with E-state index >= 15 is 0 Å². The minimum absolute atomic E-state index is 0.102. The molecule has 0 unspecified atom stereocenters. The third-order valence-corrected chi connectivity index (χ3v) is 1.42. The Morgan fingerprint density at radius 1 is 1.19 bits per heavy atom. The van der Waals surface area contributed by atoms with Crippen LogP contribution in [0.5, 0.6) is 0 Å². The zero-order valence-corrected chi connectivity index (χ0v) is 8.92. The fraction of sp³-hybridized carbons (Fsp3) is 0.625. The number of carboxylic acids is 2. The zero-order chi connectivity index (χ0) is 13.3. The predicted molar refractivity (Wildman–Crippen MR) is 55.3 cm³/mol. The van der Waals surface area contributed by atoms with Gasteiger partial charge in [0.2, 0.25) is 5.91 Å². The normalized spacial score (nSPS) is 12.9. The molecular weight excluding hydrogens is 218 g/mol. The molecule has 0 aliphatic rings. The second kappa shape index (κ2) is 8.62. The van der Waals surface area contributed by atoms with Crippen LogP contribution in [0.2, 0.25) is 0 Å². The van der Waals surface area contributed by atoms with Crippen LogP contribution in [0.3, 0.4) is 0 Å². The first kappa shape index (κ1) is 16.7. The number of carbonyl (C=O) groups excluding carboxylic acids is 1. The van der Waals surface area contributed by atoms with Crippen molar-refractivity contribution in [3.05, 3.63) is 0 Å². The van der Waals surface area contributed by atoms with Gasteiger partial charge in [0.15, 0.2) is 0 Å². The third-order valence-electron chi connectivity index (χ3n) is 1.42. The topological polar surface area (TPSA) is 170 Å². The lowest BCUT2D eigenvalue weighted by Gasteiger charge is -2.02. The molecule has 8 nitrogen and oxygen atoms in total. The zero-order valence-electron chi connectivity index (χ0n) is 8.92. The number of aliphatic carboxylic acids is 2. The number of nitrogens with two attached hydrogens (primary N) is 3. The Morgan fingerprint density at radius 2 is 1.56 bits per heavy atom. The van der Waals surface area contributed by atoms with Gasteiger partial charge in [-0.1, -0.05) is 0 Å². The highest BCUT2D eigenvalue weighted by atomic mass is 16.4. The Kier molecular flexibility index (Phi) is 9.03. The Bertz CT molecular complexity index is 254. The standard InChI is InChI=1S/C5H10N2O3.C3H7NO2/c6-3(5(7)10)1-2-4(8)9;1-2(4)3(5)6/h3H,1-2,6H2,(H2,7,10)(H,8,9);2H,4H2,1H3,(H,5,6)/t3-;2-/m10/s1. The highest BCUT2D eigenvalue weighted by Gasteiger charge is 2.10. The van der Waals surface area contributed by atoms with Gasteiger partial charge in [0, 0.05) is 6.42 Å². The SMILES string of the molecule is C[C@H](N)C(=O)O.NC(=O)[C@H](N)CCC(=O)O. The predicted octanol–water partition coefficient (Wildman–Crippen LogP) is -1.92. The Morgan fingerprint density at radius 3 is 1.75 bits per heavy atom. The number of carbonyl (C=O) groups is 3. The molecule has 0 aliphatic carbocycles. The highest BCUT2D eigenvalue weighted by Crippen LogP contribution is 1.92. The molecule has 0 fully saturated rings. The molecule has 8 heteroatoms. The number of carboxylic acid groups (broad SMARTS) is 2. The molecule has 0 bridgehead atoms. The van der Waals surface area contributed by atoms with Crippen molar-refractivity contribution in [2.24, 2.45) is 17.2 Å². The van der Waals surface area contributed by atoms with Crippen LogP contribution in [-0.4, -0.2) is 40.1 Å². The molecule has 0 aromatic heterocycles. The molecule has 1 amide bonds. The maximum absolute atomic E-state index is 10.2. The lowest BCUT2D eigenvalue weighted by atomic mass is 10.1. The molecule has 0 radical (unpaired) electrons. The van der Waals surface area contributed by atoms with Crippen molar-refractivity contribution in [1.82, 2.24) is 0 Å². The average molecular weight is 235 g/mol. The Hall–Kier alpha value is -1.67. The first-order chi connectivity index (χ1) is 7.18. The van der Waals surface area contributed by atoms with Crippen LogP contribution in [0.4, 0.5) is 0 Å². The van der Waals surface area contributed by atoms with E-state index in [9.17, 15) is 14.4 Å². The minimum atomic E-state index is -0.975. The Labute approximate surface area is 92.4 Å². The maximum Gasteiger partial charge on any atom is 0.320 e. The number of hydrogen-bond acceptors (Lipinski definition) is 5. The molecule has 0 saturated carbocycles. The molecule has 8 N–H and O–H groups in total. The number of rotatable bonds is 5. The summed E-state index contributed by atoms with van der Waals surface area (Å²) in [5.74, 6) is -2.60. The van der Waals surface area contributed by atoms with Gasteiger partial charge in [-0.05, 0) is 13.3 Å². The number of primary amides is 1. The van der Waals surface area contributed by atoms with E-state index in [1.165, 1.54) is 6.92 Å². The van der Waals surface area contributed by atoms with E-state index in [4.69, 9.17) is 27.4 Å². The van der Waals surface area contributed by atoms with Gasteiger partial charge >= 0.3 is 11.9 Å². The average Bonchev–Trinajstić information content (AvgIpc) is 2.14. The molecule has 2 atom stereocenters. The summed E-state index contributed by atoms with van der Waals surface area (Å²) in [4.78, 5) is 29.7. The quantitative estimate of drug-likeness (QED) is 0.369. The smallest absolute Gasteiger partial charge is 0.320 e. The van der Waals surface area contributed by atoms with Crippen molar-refractivity contribution in [1.29, 1.82) is 0 Å². The molecular formula is C8H17N3O5. The van der Waals surface area contributed by atoms with Gasteiger partial charge in [-0.15, -0.1) is 0 Å². The van der Waals surface area contributed by atoms with Crippen LogP contribution < -0.4 is 17.2 Å². The van der Waals surface area contributed by atoms with Crippen molar-refractivity contribution in [2.45, 2.75) is 31.8 Å². The van der Waals surface area contributed by atoms with Gasteiger partial charge in [0.25, 0.3) is 0 Å². The summed E-state index contributed by atoms with van der Waals surface area (Å²) in [5.41, 5.74) is 14.7. The van der Waals surface area contributed by atoms with Gasteiger partial charge in [0.1, 0.15) is 6.04 Å². The largest absolute Gasteiger partial charge is 0.481 e. The van der Waals surface area contributed by atoms with Crippen molar-refractivity contribution >= 4 is 17.8 Å². The van der Waals surface area contributed by atoms with E-state index in [0.29, 0.717) is 0 Å². The lowest BCUT2D eigenvalue weighted by molar-refractivity contribution is -0.138. The second-order valence-electron chi connectivity index (χ2n) is 3.07. The molecule has 0 spiro atoms. The van der Waals surface area contributed by atoms with Crippen LogP contribution in [0.15, 0.2) is 0 Å². The third kappa shape index (κ3) is 12.3. The van der Waals surface area contributed by atoms with Crippen molar-refractivity contribution < 1.29 is 24.6 Å². The van der Waals surface area contributed by atoms with Crippen LogP contribution in [0.1, 0.15) is 19.8 Å². The molecule has 0 aromatic carbocycles. The summed E-state index contributed by atoms with van der Waals surface area (Å²) < 4.78 is 0. The molecule has 0 aliphatic heterocycles. The van der Waals surface area contributed by atoms with Gasteiger partial charge in [-0.25, -0.2) is 0 Å². The van der Waals surface area contributed by atoms with Crippen LogP contribution in [0.25, 0.3) is 0 Å². The molecule has 0 saturated heterocycles. The van der Waals surface area contributed by atoms with E-state index in [2.05, 4.69) is 0 Å². The summed E-state index contributed by atoms with van der Waals surface area (Å²) in [6.45, 7) is 1.42. The number of amides is 1. The van der Waals surface area contributed by atoms with E-state index in [-0.39, 0.29) is 12.8 Å². The first-order valence-corrected chi connectivity index (χ1v) is 4.43. The fourth-order valence-electron chi connectivity index (χ4n) is 0.421. The summed E-state index contributed by atoms with van der Waals surface area (Å²) in [6.07, 6.45) is -0.0191. The molecule has 0 aromatic rings. The van der Waals surface area contributed by atoms with Gasteiger partial charge in [0.05, 0.1) is 6.04 Å². The Balaban J connectivity index is 0. The van der Waals surface area contributed by atoms with E-state index < -0.39 is 29.9 Å². The van der Waals surface area contributed by atoms with E-state index in [0.717, 1.165) is 0 Å². The summed E-state index contributed by atoms with van der Waals surface area (Å²) in [6, 6.07) is -1.57. The summed E-state index contributed by atoms with van der Waals surface area (Å²) in [5, 5.41) is 16.0. The van der Waals surface area contributed by atoms with Crippen molar-refractivity contribution in [2.75, 3.05) is 0 Å². The molecule has 94 valence electrons. The van der Waals surface area contributed by atoms with Crippen LogP contribution in [0, 0.1) is 0 Å². The second-order valence-corrected chi connectivity index (χ2v) is 3.07. The van der Waals surface area contributed by atoms with Crippen molar-refractivity contribution in [3.8, 4) is 0 Å². The fourth-order valence-corrected chi connectivity index (χ4v) is 0.421. The van der Waals surface area contributed by atoms with Crippen LogP contribution >= 0.6 is 0 Å². The first-order valence-electron chi connectivity index (χ1n) is 4.43. The van der Waals surface area contributed by atoms with Gasteiger partial charge in [-0.2, -0.15) is 0 Å². The monoisotopic (exact) mass is 235 g/mol. The summed E-state index contributed by atoms with van der Waals surface area (Å²) >= 11 is 0. The molecule has 16 heavy (non-hydrogen) atoms. The molecule has 0 rings (SSSR count). The van der Waals surface area contributed by atoms with Crippen LogP contribution in [-0.2, 0) is 14.4 Å². The van der Waals surface area contributed by atoms with E-state index in [1.807, 2.05) is 0 Å². The maximum atomic E-state index is 10.2. The van der Waals surface area contributed by atoms with E-state index in [1.54, 1.807) is 0 Å². The van der Waals surface area contributed by atoms with Gasteiger partial charge in [-0.3, -0.25) is 14.4 Å².